The first-order valence-corrected chi connectivity index (χ1v) is 9.59. The van der Waals surface area contributed by atoms with Crippen molar-refractivity contribution in [2.24, 2.45) is 0 Å². The van der Waals surface area contributed by atoms with E-state index in [4.69, 9.17) is 4.74 Å². The number of benzene rings is 1. The summed E-state index contributed by atoms with van der Waals surface area (Å²) in [6, 6.07) is 10.4. The van der Waals surface area contributed by atoms with Gasteiger partial charge in [0.25, 0.3) is 0 Å². The van der Waals surface area contributed by atoms with Gasteiger partial charge >= 0.3 is 0 Å². The maximum Gasteiger partial charge on any atom is 0.222 e. The van der Waals surface area contributed by atoms with Crippen LogP contribution in [0.4, 0.5) is 0 Å². The Bertz CT molecular complexity index is 684. The Balaban J connectivity index is 1.51. The van der Waals surface area contributed by atoms with Crippen LogP contribution in [0.15, 0.2) is 42.7 Å². The maximum absolute atomic E-state index is 12.6. The molecule has 0 saturated carbocycles. The van der Waals surface area contributed by atoms with Gasteiger partial charge in [0.05, 0.1) is 6.61 Å². The molecule has 0 radical (unpaired) electrons. The lowest BCUT2D eigenvalue weighted by Gasteiger charge is -2.33. The number of aromatic nitrogens is 2. The molecule has 0 N–H and O–H groups in total. The monoisotopic (exact) mass is 355 g/mol. The highest BCUT2D eigenvalue weighted by Crippen LogP contribution is 2.26. The Morgan fingerprint density at radius 1 is 1.31 bits per heavy atom. The van der Waals surface area contributed by atoms with E-state index in [0.717, 1.165) is 51.1 Å². The lowest BCUT2D eigenvalue weighted by atomic mass is 9.96. The zero-order valence-corrected chi connectivity index (χ0v) is 15.6. The predicted octanol–water partition coefficient (Wildman–Crippen LogP) is 3.26. The number of imidazole rings is 1. The van der Waals surface area contributed by atoms with Gasteiger partial charge in [-0.25, -0.2) is 4.98 Å². The summed E-state index contributed by atoms with van der Waals surface area (Å²) in [5.74, 6) is 1.69. The number of nitrogens with zero attached hydrogens (tertiary/aromatic N) is 3. The first-order chi connectivity index (χ1) is 12.8. The summed E-state index contributed by atoms with van der Waals surface area (Å²) in [6.45, 7) is 3.15. The minimum Gasteiger partial charge on any atom is -0.383 e. The molecule has 1 aliphatic rings. The largest absolute Gasteiger partial charge is 0.383 e. The van der Waals surface area contributed by atoms with Crippen LogP contribution >= 0.6 is 0 Å². The number of carbonyl (C=O) groups is 1. The molecule has 1 saturated heterocycles. The van der Waals surface area contributed by atoms with Gasteiger partial charge in [-0.15, -0.1) is 0 Å². The van der Waals surface area contributed by atoms with Crippen LogP contribution in [-0.4, -0.2) is 47.2 Å². The first kappa shape index (κ1) is 18.6. The van der Waals surface area contributed by atoms with Gasteiger partial charge in [-0.3, -0.25) is 4.79 Å². The van der Waals surface area contributed by atoms with E-state index in [9.17, 15) is 4.79 Å². The Hall–Kier alpha value is -2.14. The Morgan fingerprint density at radius 2 is 2.15 bits per heavy atom. The fourth-order valence-electron chi connectivity index (χ4n) is 3.72. The third kappa shape index (κ3) is 4.94. The highest BCUT2D eigenvalue weighted by molar-refractivity contribution is 5.76. The highest BCUT2D eigenvalue weighted by Gasteiger charge is 2.27. The summed E-state index contributed by atoms with van der Waals surface area (Å²) >= 11 is 0. The normalized spacial score (nSPS) is 17.4. The second-order valence-electron chi connectivity index (χ2n) is 6.99. The first-order valence-electron chi connectivity index (χ1n) is 9.59. The number of ether oxygens (including phenoxy) is 1. The molecule has 0 aliphatic carbocycles. The third-order valence-electron chi connectivity index (χ3n) is 5.12. The van der Waals surface area contributed by atoms with Gasteiger partial charge < -0.3 is 14.2 Å². The van der Waals surface area contributed by atoms with E-state index in [1.807, 2.05) is 23.4 Å². The molecule has 140 valence electrons. The molecule has 1 fully saturated rings. The maximum atomic E-state index is 12.6. The smallest absolute Gasteiger partial charge is 0.222 e. The van der Waals surface area contributed by atoms with Crippen LogP contribution in [-0.2, 0) is 22.5 Å². The molecular weight excluding hydrogens is 326 g/mol. The van der Waals surface area contributed by atoms with E-state index in [-0.39, 0.29) is 5.91 Å². The second-order valence-corrected chi connectivity index (χ2v) is 6.99. The van der Waals surface area contributed by atoms with Crippen molar-refractivity contribution >= 4 is 5.91 Å². The third-order valence-corrected chi connectivity index (χ3v) is 5.12. The van der Waals surface area contributed by atoms with Gasteiger partial charge in [0, 0.05) is 51.5 Å². The molecule has 5 heteroatoms. The minimum atomic E-state index is 0.278. The molecule has 5 nitrogen and oxygen atoms in total. The van der Waals surface area contributed by atoms with Crippen LogP contribution in [0, 0.1) is 0 Å². The lowest BCUT2D eigenvalue weighted by Crippen LogP contribution is -2.39. The van der Waals surface area contributed by atoms with Crippen molar-refractivity contribution in [2.45, 2.75) is 44.6 Å². The van der Waals surface area contributed by atoms with E-state index in [1.54, 1.807) is 7.11 Å². The molecular formula is C21H29N3O2. The fourth-order valence-corrected chi connectivity index (χ4v) is 3.72. The lowest BCUT2D eigenvalue weighted by molar-refractivity contribution is -0.132. The number of rotatable bonds is 8. The van der Waals surface area contributed by atoms with Gasteiger partial charge in [-0.1, -0.05) is 30.3 Å². The van der Waals surface area contributed by atoms with Gasteiger partial charge in [-0.2, -0.15) is 0 Å². The number of methoxy groups -OCH3 is 1. The van der Waals surface area contributed by atoms with Crippen LogP contribution in [0.25, 0.3) is 0 Å². The molecule has 1 aromatic carbocycles. The summed E-state index contributed by atoms with van der Waals surface area (Å²) in [5.41, 5.74) is 1.30. The van der Waals surface area contributed by atoms with Crippen molar-refractivity contribution in [3.63, 3.8) is 0 Å². The van der Waals surface area contributed by atoms with Gasteiger partial charge in [-0.05, 0) is 31.2 Å². The zero-order valence-electron chi connectivity index (χ0n) is 15.6. The molecule has 0 unspecified atom stereocenters. The average molecular weight is 355 g/mol. The van der Waals surface area contributed by atoms with Crippen molar-refractivity contribution in [1.29, 1.82) is 0 Å². The van der Waals surface area contributed by atoms with E-state index in [0.29, 0.717) is 18.9 Å². The van der Waals surface area contributed by atoms with Crippen LogP contribution in [0.3, 0.4) is 0 Å². The molecule has 2 aromatic rings. The van der Waals surface area contributed by atoms with Gasteiger partial charge in [0.1, 0.15) is 5.82 Å². The average Bonchev–Trinajstić information content (AvgIpc) is 3.16. The topological polar surface area (TPSA) is 47.4 Å². The molecule has 2 heterocycles. The quantitative estimate of drug-likeness (QED) is 0.730. The van der Waals surface area contributed by atoms with Crippen molar-refractivity contribution in [3.8, 4) is 0 Å². The summed E-state index contributed by atoms with van der Waals surface area (Å²) in [7, 11) is 1.72. The van der Waals surface area contributed by atoms with Crippen molar-refractivity contribution in [1.82, 2.24) is 14.5 Å². The molecule has 26 heavy (non-hydrogen) atoms. The Labute approximate surface area is 156 Å². The Kier molecular flexibility index (Phi) is 6.83. The zero-order chi connectivity index (χ0) is 18.2. The summed E-state index contributed by atoms with van der Waals surface area (Å²) in [6.07, 6.45) is 8.50. The number of aryl methyl sites for hydroxylation is 1. The fraction of sp³-hybridized carbons (Fsp3) is 0.524. The number of amides is 1. The molecule has 3 rings (SSSR count). The Morgan fingerprint density at radius 3 is 2.96 bits per heavy atom. The minimum absolute atomic E-state index is 0.278. The summed E-state index contributed by atoms with van der Waals surface area (Å²) in [4.78, 5) is 19.2. The van der Waals surface area contributed by atoms with Crippen molar-refractivity contribution in [3.05, 3.63) is 54.1 Å². The van der Waals surface area contributed by atoms with Crippen LogP contribution in [0.2, 0.25) is 0 Å². The van der Waals surface area contributed by atoms with Crippen LogP contribution in [0.5, 0.6) is 0 Å². The van der Waals surface area contributed by atoms with Gasteiger partial charge in [0.2, 0.25) is 5.91 Å². The van der Waals surface area contributed by atoms with E-state index < -0.39 is 0 Å². The number of carbonyl (C=O) groups excluding carboxylic acids is 1. The second kappa shape index (κ2) is 9.53. The SMILES string of the molecule is COCCn1ccnc1[C@H]1CCCN(C(=O)CCCc2ccccc2)C1. The highest BCUT2D eigenvalue weighted by atomic mass is 16.5. The van der Waals surface area contributed by atoms with Crippen LogP contribution in [0.1, 0.15) is 43.0 Å². The predicted molar refractivity (Wildman–Crippen MR) is 102 cm³/mol. The number of piperidine rings is 1. The summed E-state index contributed by atoms with van der Waals surface area (Å²) in [5, 5.41) is 0. The standard InChI is InChI=1S/C21H29N3O2/c1-26-16-15-23-14-12-22-21(23)19-10-6-13-24(17-19)20(25)11-5-9-18-7-3-2-4-8-18/h2-4,7-8,12,14,19H,5-6,9-11,13,15-17H2,1H3/t19-/m0/s1. The molecule has 1 aliphatic heterocycles. The molecule has 1 aromatic heterocycles. The van der Waals surface area contributed by atoms with Gasteiger partial charge in [0.15, 0.2) is 0 Å². The molecule has 0 spiro atoms. The molecule has 0 bridgehead atoms. The van der Waals surface area contributed by atoms with Crippen LogP contribution < -0.4 is 0 Å². The summed E-state index contributed by atoms with van der Waals surface area (Å²) < 4.78 is 7.35. The molecule has 1 amide bonds. The number of hydrogen-bond donors (Lipinski definition) is 0. The number of hydrogen-bond acceptors (Lipinski definition) is 3. The number of likely N-dealkylation sites (tertiary alicyclic amines) is 1. The van der Waals surface area contributed by atoms with E-state index in [2.05, 4.69) is 33.8 Å². The van der Waals surface area contributed by atoms with E-state index in [1.165, 1.54) is 5.56 Å². The van der Waals surface area contributed by atoms with E-state index >= 15 is 0 Å². The molecule has 1 atom stereocenters. The van der Waals surface area contributed by atoms with Crippen molar-refractivity contribution in [2.75, 3.05) is 26.8 Å². The van der Waals surface area contributed by atoms with Crippen molar-refractivity contribution < 1.29 is 9.53 Å².